The van der Waals surface area contributed by atoms with E-state index in [2.05, 4.69) is 0 Å². The number of alkyl halides is 1. The third kappa shape index (κ3) is 4.84. The number of sulfonamides is 1. The van der Waals surface area contributed by atoms with Crippen molar-refractivity contribution in [3.05, 3.63) is 0 Å². The maximum Gasteiger partial charge on any atom is 0.215 e. The van der Waals surface area contributed by atoms with Gasteiger partial charge >= 0.3 is 0 Å². The van der Waals surface area contributed by atoms with Crippen molar-refractivity contribution in [1.82, 2.24) is 4.31 Å². The molecular formula is C8H18ClNO2S. The van der Waals surface area contributed by atoms with Crippen LogP contribution in [0.1, 0.15) is 20.8 Å². The first-order valence-corrected chi connectivity index (χ1v) is 6.62. The van der Waals surface area contributed by atoms with Crippen molar-refractivity contribution in [2.75, 3.05) is 24.7 Å². The SMILES string of the molecule is CCN(CC(C)C)S(=O)(=O)CCCl. The molecule has 0 aliphatic carbocycles. The third-order valence-corrected chi connectivity index (χ3v) is 3.98. The lowest BCUT2D eigenvalue weighted by Crippen LogP contribution is -2.36. The van der Waals surface area contributed by atoms with E-state index in [1.165, 1.54) is 4.31 Å². The number of hydrogen-bond donors (Lipinski definition) is 0. The van der Waals surface area contributed by atoms with Gasteiger partial charge in [0, 0.05) is 19.0 Å². The topological polar surface area (TPSA) is 37.4 Å². The Hall–Kier alpha value is 0.200. The highest BCUT2D eigenvalue weighted by atomic mass is 35.5. The zero-order valence-corrected chi connectivity index (χ0v) is 10.0. The summed E-state index contributed by atoms with van der Waals surface area (Å²) < 4.78 is 24.6. The molecule has 0 N–H and O–H groups in total. The third-order valence-electron chi connectivity index (χ3n) is 1.65. The molecule has 3 nitrogen and oxygen atoms in total. The van der Waals surface area contributed by atoms with E-state index in [4.69, 9.17) is 11.6 Å². The normalized spacial score (nSPS) is 12.8. The van der Waals surface area contributed by atoms with Crippen LogP contribution in [-0.4, -0.2) is 37.4 Å². The highest BCUT2D eigenvalue weighted by Crippen LogP contribution is 2.06. The Morgan fingerprint density at radius 2 is 1.92 bits per heavy atom. The van der Waals surface area contributed by atoms with Gasteiger partial charge in [-0.25, -0.2) is 12.7 Å². The molecule has 0 aliphatic rings. The summed E-state index contributed by atoms with van der Waals surface area (Å²) in [7, 11) is -3.12. The van der Waals surface area contributed by atoms with E-state index in [9.17, 15) is 8.42 Å². The Kier molecular flexibility index (Phi) is 5.92. The minimum Gasteiger partial charge on any atom is -0.212 e. The van der Waals surface area contributed by atoms with Crippen LogP contribution in [0.5, 0.6) is 0 Å². The first kappa shape index (κ1) is 13.2. The molecule has 5 heteroatoms. The van der Waals surface area contributed by atoms with Crippen LogP contribution in [0.15, 0.2) is 0 Å². The van der Waals surface area contributed by atoms with E-state index < -0.39 is 10.0 Å². The van der Waals surface area contributed by atoms with Crippen LogP contribution >= 0.6 is 11.6 Å². The van der Waals surface area contributed by atoms with E-state index in [-0.39, 0.29) is 11.6 Å². The van der Waals surface area contributed by atoms with Crippen LogP contribution in [-0.2, 0) is 10.0 Å². The van der Waals surface area contributed by atoms with Crippen molar-refractivity contribution in [1.29, 1.82) is 0 Å². The highest BCUT2D eigenvalue weighted by Gasteiger charge is 2.19. The summed E-state index contributed by atoms with van der Waals surface area (Å²) in [6.45, 7) is 6.94. The molecule has 0 spiro atoms. The predicted molar refractivity (Wildman–Crippen MR) is 56.6 cm³/mol. The second-order valence-corrected chi connectivity index (χ2v) is 5.82. The van der Waals surface area contributed by atoms with Gasteiger partial charge < -0.3 is 0 Å². The van der Waals surface area contributed by atoms with Crippen LogP contribution in [0.25, 0.3) is 0 Å². The highest BCUT2D eigenvalue weighted by molar-refractivity contribution is 7.89. The van der Waals surface area contributed by atoms with Crippen LogP contribution in [0.3, 0.4) is 0 Å². The molecule has 0 bridgehead atoms. The molecule has 0 radical (unpaired) electrons. The molecule has 0 heterocycles. The summed E-state index contributed by atoms with van der Waals surface area (Å²) in [6.07, 6.45) is 0. The maximum absolute atomic E-state index is 11.5. The molecule has 0 saturated carbocycles. The smallest absolute Gasteiger partial charge is 0.212 e. The van der Waals surface area contributed by atoms with Crippen molar-refractivity contribution < 1.29 is 8.42 Å². The molecule has 13 heavy (non-hydrogen) atoms. The lowest BCUT2D eigenvalue weighted by atomic mass is 10.2. The largest absolute Gasteiger partial charge is 0.215 e. The lowest BCUT2D eigenvalue weighted by Gasteiger charge is -2.21. The summed E-state index contributed by atoms with van der Waals surface area (Å²) in [5.74, 6) is 0.552. The molecule has 0 amide bonds. The zero-order valence-electron chi connectivity index (χ0n) is 8.46. The van der Waals surface area contributed by atoms with Crippen molar-refractivity contribution in [2.24, 2.45) is 5.92 Å². The van der Waals surface area contributed by atoms with Gasteiger partial charge in [-0.05, 0) is 5.92 Å². The average Bonchev–Trinajstić information content (AvgIpc) is 1.99. The van der Waals surface area contributed by atoms with Gasteiger partial charge in [0.1, 0.15) is 0 Å². The van der Waals surface area contributed by atoms with Gasteiger partial charge in [0.25, 0.3) is 0 Å². The van der Waals surface area contributed by atoms with Gasteiger partial charge in [0.05, 0.1) is 5.75 Å². The molecule has 0 rings (SSSR count). The molecular weight excluding hydrogens is 210 g/mol. The van der Waals surface area contributed by atoms with E-state index >= 15 is 0 Å². The number of hydrogen-bond acceptors (Lipinski definition) is 2. The number of halogens is 1. The van der Waals surface area contributed by atoms with E-state index in [0.29, 0.717) is 19.0 Å². The molecule has 0 saturated heterocycles. The van der Waals surface area contributed by atoms with Crippen LogP contribution < -0.4 is 0 Å². The second-order valence-electron chi connectivity index (χ2n) is 3.35. The fourth-order valence-corrected chi connectivity index (χ4v) is 3.03. The van der Waals surface area contributed by atoms with Gasteiger partial charge in [-0.2, -0.15) is 0 Å². The quantitative estimate of drug-likeness (QED) is 0.646. The summed E-state index contributed by atoms with van der Waals surface area (Å²) in [5, 5.41) is 0. The van der Waals surface area contributed by atoms with Gasteiger partial charge in [-0.3, -0.25) is 0 Å². The van der Waals surface area contributed by atoms with Crippen molar-refractivity contribution >= 4 is 21.6 Å². The Bertz CT molecular complexity index is 226. The molecule has 0 aromatic rings. The molecule has 0 atom stereocenters. The van der Waals surface area contributed by atoms with Crippen molar-refractivity contribution in [3.8, 4) is 0 Å². The molecule has 0 aromatic heterocycles. The Morgan fingerprint density at radius 1 is 1.38 bits per heavy atom. The predicted octanol–water partition coefficient (Wildman–Crippen LogP) is 1.53. The summed E-state index contributed by atoms with van der Waals surface area (Å²) >= 11 is 5.42. The first-order chi connectivity index (χ1) is 5.94. The van der Waals surface area contributed by atoms with E-state index in [1.807, 2.05) is 20.8 Å². The lowest BCUT2D eigenvalue weighted by molar-refractivity contribution is 0.381. The number of rotatable bonds is 6. The molecule has 0 aromatic carbocycles. The Labute approximate surface area is 86.1 Å². The Morgan fingerprint density at radius 3 is 2.23 bits per heavy atom. The number of nitrogens with zero attached hydrogens (tertiary/aromatic N) is 1. The van der Waals surface area contributed by atoms with Crippen LogP contribution in [0.2, 0.25) is 0 Å². The fraction of sp³-hybridized carbons (Fsp3) is 1.00. The minimum atomic E-state index is -3.12. The van der Waals surface area contributed by atoms with Gasteiger partial charge in [0.15, 0.2) is 0 Å². The molecule has 80 valence electrons. The Balaban J connectivity index is 4.38. The summed E-state index contributed by atoms with van der Waals surface area (Å²) in [6, 6.07) is 0. The van der Waals surface area contributed by atoms with Gasteiger partial charge in [-0.15, -0.1) is 11.6 Å². The minimum absolute atomic E-state index is 0.0368. The monoisotopic (exact) mass is 227 g/mol. The van der Waals surface area contributed by atoms with Gasteiger partial charge in [-0.1, -0.05) is 20.8 Å². The van der Waals surface area contributed by atoms with Crippen LogP contribution in [0.4, 0.5) is 0 Å². The summed E-state index contributed by atoms with van der Waals surface area (Å²) in [4.78, 5) is 0. The van der Waals surface area contributed by atoms with Crippen LogP contribution in [0, 0.1) is 5.92 Å². The summed E-state index contributed by atoms with van der Waals surface area (Å²) in [5.41, 5.74) is 0. The van der Waals surface area contributed by atoms with E-state index in [0.717, 1.165) is 0 Å². The van der Waals surface area contributed by atoms with Gasteiger partial charge in [0.2, 0.25) is 10.0 Å². The van der Waals surface area contributed by atoms with Crippen molar-refractivity contribution in [3.63, 3.8) is 0 Å². The molecule has 0 aliphatic heterocycles. The van der Waals surface area contributed by atoms with E-state index in [1.54, 1.807) is 0 Å². The van der Waals surface area contributed by atoms with Crippen molar-refractivity contribution in [2.45, 2.75) is 20.8 Å². The second kappa shape index (κ2) is 5.83. The molecule has 0 fully saturated rings. The zero-order chi connectivity index (χ0) is 10.5. The molecule has 0 unspecified atom stereocenters. The standard InChI is InChI=1S/C8H18ClNO2S/c1-4-10(7-8(2)3)13(11,12)6-5-9/h8H,4-7H2,1-3H3. The average molecular weight is 228 g/mol. The first-order valence-electron chi connectivity index (χ1n) is 4.47. The fourth-order valence-electron chi connectivity index (χ4n) is 1.07. The maximum atomic E-state index is 11.5.